The van der Waals surface area contributed by atoms with Gasteiger partial charge in [0.15, 0.2) is 0 Å². The maximum Gasteiger partial charge on any atom is 0.230 e. The Morgan fingerprint density at radius 1 is 1.19 bits per heavy atom. The number of carbonyl (C=O) groups is 2. The van der Waals surface area contributed by atoms with Gasteiger partial charge in [0.05, 0.1) is 12.8 Å². The molecule has 0 unspecified atom stereocenters. The van der Waals surface area contributed by atoms with Crippen LogP contribution >= 0.6 is 0 Å². The molecule has 4 heteroatoms. The summed E-state index contributed by atoms with van der Waals surface area (Å²) in [6, 6.07) is 5.37. The van der Waals surface area contributed by atoms with E-state index in [1.165, 1.54) is 21.0 Å². The van der Waals surface area contributed by atoms with Crippen LogP contribution in [0.2, 0.25) is 0 Å². The highest BCUT2D eigenvalue weighted by Gasteiger charge is 2.21. The molecular weight excluding hydrogens is 206 g/mol. The highest BCUT2D eigenvalue weighted by Crippen LogP contribution is 2.31. The molecule has 4 nitrogen and oxygen atoms in total. The van der Waals surface area contributed by atoms with Crippen LogP contribution in [-0.2, 0) is 9.59 Å². The first kappa shape index (κ1) is 12.2. The predicted octanol–water partition coefficient (Wildman–Crippen LogP) is 1.90. The van der Waals surface area contributed by atoms with Crippen LogP contribution < -0.4 is 9.64 Å². The van der Waals surface area contributed by atoms with Crippen molar-refractivity contribution in [1.82, 2.24) is 0 Å². The summed E-state index contributed by atoms with van der Waals surface area (Å²) < 4.78 is 5.16. The van der Waals surface area contributed by atoms with Crippen molar-refractivity contribution in [1.29, 1.82) is 0 Å². The molecule has 86 valence electrons. The molecule has 1 aromatic carbocycles. The number of anilines is 1. The molecule has 0 N–H and O–H groups in total. The number of carbonyl (C=O) groups excluding carboxylic acids is 2. The van der Waals surface area contributed by atoms with Crippen LogP contribution in [-0.4, -0.2) is 18.9 Å². The number of aryl methyl sites for hydroxylation is 1. The van der Waals surface area contributed by atoms with Gasteiger partial charge < -0.3 is 4.74 Å². The molecular formula is C12H15NO3. The Morgan fingerprint density at radius 2 is 1.75 bits per heavy atom. The predicted molar refractivity (Wildman–Crippen MR) is 61.6 cm³/mol. The van der Waals surface area contributed by atoms with Gasteiger partial charge in [-0.1, -0.05) is 12.1 Å². The fraction of sp³-hybridized carbons (Fsp3) is 0.333. The second-order valence-electron chi connectivity index (χ2n) is 3.50. The Morgan fingerprint density at radius 3 is 2.19 bits per heavy atom. The monoisotopic (exact) mass is 221 g/mol. The number of hydrogen-bond acceptors (Lipinski definition) is 3. The molecule has 0 fully saturated rings. The maximum absolute atomic E-state index is 11.5. The van der Waals surface area contributed by atoms with E-state index < -0.39 is 0 Å². The minimum absolute atomic E-state index is 0.319. The third-order valence-electron chi connectivity index (χ3n) is 2.27. The minimum Gasteiger partial charge on any atom is -0.495 e. The zero-order valence-corrected chi connectivity index (χ0v) is 9.90. The standard InChI is InChI=1S/C12H15NO3/c1-8-6-5-7-11(16-4)12(8)13(9(2)14)10(3)15/h5-7H,1-4H3. The number of nitrogens with zero attached hydrogens (tertiary/aromatic N) is 1. The summed E-state index contributed by atoms with van der Waals surface area (Å²) in [5, 5.41) is 0. The van der Waals surface area contributed by atoms with Crippen LogP contribution in [0.3, 0.4) is 0 Å². The van der Waals surface area contributed by atoms with Crippen LogP contribution in [0.1, 0.15) is 19.4 Å². The smallest absolute Gasteiger partial charge is 0.230 e. The molecule has 0 saturated carbocycles. The molecule has 0 aliphatic carbocycles. The molecule has 16 heavy (non-hydrogen) atoms. The summed E-state index contributed by atoms with van der Waals surface area (Å²) in [6.07, 6.45) is 0. The van der Waals surface area contributed by atoms with Gasteiger partial charge in [-0.3, -0.25) is 9.59 Å². The molecule has 0 bridgehead atoms. The van der Waals surface area contributed by atoms with Crippen molar-refractivity contribution >= 4 is 17.5 Å². The van der Waals surface area contributed by atoms with Gasteiger partial charge in [-0.15, -0.1) is 0 Å². The van der Waals surface area contributed by atoms with Gasteiger partial charge in [0.2, 0.25) is 11.8 Å². The van der Waals surface area contributed by atoms with E-state index in [1.54, 1.807) is 6.07 Å². The molecule has 0 spiro atoms. The van der Waals surface area contributed by atoms with E-state index in [-0.39, 0.29) is 11.8 Å². The van der Waals surface area contributed by atoms with E-state index in [4.69, 9.17) is 4.74 Å². The number of rotatable bonds is 2. The Bertz CT molecular complexity index is 412. The molecule has 2 amide bonds. The second-order valence-corrected chi connectivity index (χ2v) is 3.50. The first-order valence-corrected chi connectivity index (χ1v) is 4.94. The highest BCUT2D eigenvalue weighted by molar-refractivity contribution is 6.14. The number of methoxy groups -OCH3 is 1. The molecule has 0 saturated heterocycles. The van der Waals surface area contributed by atoms with Crippen LogP contribution in [0.25, 0.3) is 0 Å². The molecule has 0 aliphatic rings. The van der Waals surface area contributed by atoms with Gasteiger partial charge >= 0.3 is 0 Å². The summed E-state index contributed by atoms with van der Waals surface area (Å²) in [5.74, 6) is -0.120. The van der Waals surface area contributed by atoms with Crippen molar-refractivity contribution in [3.05, 3.63) is 23.8 Å². The lowest BCUT2D eigenvalue weighted by atomic mass is 10.1. The fourth-order valence-corrected chi connectivity index (χ4v) is 1.62. The fourth-order valence-electron chi connectivity index (χ4n) is 1.62. The van der Waals surface area contributed by atoms with Crippen LogP contribution in [0.5, 0.6) is 5.75 Å². The van der Waals surface area contributed by atoms with Crippen LogP contribution in [0.4, 0.5) is 5.69 Å². The topological polar surface area (TPSA) is 46.6 Å². The van der Waals surface area contributed by atoms with E-state index in [2.05, 4.69) is 0 Å². The Kier molecular flexibility index (Phi) is 3.66. The van der Waals surface area contributed by atoms with Gasteiger partial charge in [-0.05, 0) is 18.6 Å². The van der Waals surface area contributed by atoms with Crippen LogP contribution in [0, 0.1) is 6.92 Å². The molecule has 1 rings (SSSR count). The molecule has 0 heterocycles. The molecule has 0 radical (unpaired) electrons. The van der Waals surface area contributed by atoms with Gasteiger partial charge in [0, 0.05) is 13.8 Å². The third-order valence-corrected chi connectivity index (χ3v) is 2.27. The average molecular weight is 221 g/mol. The van der Waals surface area contributed by atoms with Gasteiger partial charge in [0.25, 0.3) is 0 Å². The average Bonchev–Trinajstić information content (AvgIpc) is 2.19. The molecule has 0 aromatic heterocycles. The summed E-state index contributed by atoms with van der Waals surface area (Å²) >= 11 is 0. The first-order valence-electron chi connectivity index (χ1n) is 4.94. The lowest BCUT2D eigenvalue weighted by molar-refractivity contribution is -0.124. The maximum atomic E-state index is 11.5. The number of imide groups is 1. The zero-order valence-electron chi connectivity index (χ0n) is 9.90. The van der Waals surface area contributed by atoms with Crippen LogP contribution in [0.15, 0.2) is 18.2 Å². The van der Waals surface area contributed by atoms with Crippen molar-refractivity contribution in [3.8, 4) is 5.75 Å². The summed E-state index contributed by atoms with van der Waals surface area (Å²) in [4.78, 5) is 24.0. The summed E-state index contributed by atoms with van der Waals surface area (Å²) in [7, 11) is 1.51. The molecule has 1 aromatic rings. The van der Waals surface area contributed by atoms with E-state index >= 15 is 0 Å². The van der Waals surface area contributed by atoms with Crippen molar-refractivity contribution in [2.75, 3.05) is 12.0 Å². The lowest BCUT2D eigenvalue weighted by Gasteiger charge is -2.21. The van der Waals surface area contributed by atoms with Gasteiger partial charge in [-0.2, -0.15) is 0 Å². The van der Waals surface area contributed by atoms with E-state index in [0.29, 0.717) is 11.4 Å². The summed E-state index contributed by atoms with van der Waals surface area (Å²) in [5.41, 5.74) is 1.34. The summed E-state index contributed by atoms with van der Waals surface area (Å²) in [6.45, 7) is 4.54. The number of para-hydroxylation sites is 1. The second kappa shape index (κ2) is 4.79. The number of hydrogen-bond donors (Lipinski definition) is 0. The molecule has 0 aliphatic heterocycles. The normalized spacial score (nSPS) is 9.75. The Balaban J connectivity index is 3.38. The number of benzene rings is 1. The minimum atomic E-state index is -0.319. The lowest BCUT2D eigenvalue weighted by Crippen LogP contribution is -2.34. The zero-order chi connectivity index (χ0) is 12.3. The Labute approximate surface area is 94.8 Å². The van der Waals surface area contributed by atoms with E-state index in [9.17, 15) is 9.59 Å². The third kappa shape index (κ3) is 2.21. The van der Waals surface area contributed by atoms with Crippen molar-refractivity contribution in [2.24, 2.45) is 0 Å². The largest absolute Gasteiger partial charge is 0.495 e. The van der Waals surface area contributed by atoms with Crippen molar-refractivity contribution < 1.29 is 14.3 Å². The highest BCUT2D eigenvalue weighted by atomic mass is 16.5. The quantitative estimate of drug-likeness (QED) is 0.766. The van der Waals surface area contributed by atoms with Crippen molar-refractivity contribution in [2.45, 2.75) is 20.8 Å². The van der Waals surface area contributed by atoms with E-state index in [1.807, 2.05) is 19.1 Å². The first-order chi connectivity index (χ1) is 7.49. The van der Waals surface area contributed by atoms with Gasteiger partial charge in [0.1, 0.15) is 5.75 Å². The Hall–Kier alpha value is -1.84. The van der Waals surface area contributed by atoms with Gasteiger partial charge in [-0.25, -0.2) is 4.90 Å². The van der Waals surface area contributed by atoms with E-state index in [0.717, 1.165) is 10.5 Å². The number of ether oxygens (including phenoxy) is 1. The molecule has 0 atom stereocenters. The SMILES string of the molecule is COc1cccc(C)c1N(C(C)=O)C(C)=O. The number of amides is 2. The van der Waals surface area contributed by atoms with Crippen molar-refractivity contribution in [3.63, 3.8) is 0 Å².